The molecule has 5 aliphatic heterocycles. The zero-order chi connectivity index (χ0) is 32.7. The Balaban J connectivity index is 1.36. The molecule has 13 heteroatoms. The number of allylic oxidation sites excluding steroid dienone is 1. The first-order valence-electron chi connectivity index (χ1n) is 17.6. The fraction of sp³-hybridized carbons (Fsp3) is 0.879. The van der Waals surface area contributed by atoms with Crippen LogP contribution in [0.25, 0.3) is 0 Å². The van der Waals surface area contributed by atoms with Gasteiger partial charge in [0.1, 0.15) is 19.0 Å². The van der Waals surface area contributed by atoms with E-state index in [9.17, 15) is 14.0 Å². The number of hydrogen-bond acceptors (Lipinski definition) is 7. The second-order valence-electron chi connectivity index (χ2n) is 14.8. The summed E-state index contributed by atoms with van der Waals surface area (Å²) < 4.78 is 51.5. The van der Waals surface area contributed by atoms with E-state index in [1.807, 2.05) is 18.7 Å². The van der Waals surface area contributed by atoms with E-state index in [0.717, 1.165) is 19.3 Å². The number of rotatable bonds is 4. The zero-order valence-corrected chi connectivity index (χ0v) is 27.7. The fourth-order valence-electron chi connectivity index (χ4n) is 9.46. The summed E-state index contributed by atoms with van der Waals surface area (Å²) in [6.45, 7) is 9.55. The van der Waals surface area contributed by atoms with Crippen LogP contribution in [0.4, 0.5) is 18.0 Å². The van der Waals surface area contributed by atoms with Crippen LogP contribution in [0.3, 0.4) is 0 Å². The third-order valence-electron chi connectivity index (χ3n) is 11.6. The van der Waals surface area contributed by atoms with Crippen LogP contribution in [0.2, 0.25) is 0 Å². The normalized spacial score (nSPS) is 44.2. The number of fused-ring (bicyclic) bond motifs is 5. The van der Waals surface area contributed by atoms with Gasteiger partial charge in [0.15, 0.2) is 0 Å². The van der Waals surface area contributed by atoms with Crippen molar-refractivity contribution in [3.8, 4) is 0 Å². The third-order valence-corrected chi connectivity index (χ3v) is 11.6. The number of carbonyl (C=O) groups excluding carboxylic acids is 2. The van der Waals surface area contributed by atoms with Crippen molar-refractivity contribution >= 4 is 11.9 Å². The summed E-state index contributed by atoms with van der Waals surface area (Å²) >= 11 is 0. The quantitative estimate of drug-likeness (QED) is 0.347. The monoisotopic (exact) mass is 653 g/mol. The van der Waals surface area contributed by atoms with Gasteiger partial charge in [-0.25, -0.2) is 18.0 Å². The van der Waals surface area contributed by atoms with Crippen LogP contribution < -0.4 is 21.3 Å². The van der Waals surface area contributed by atoms with E-state index in [2.05, 4.69) is 40.0 Å². The van der Waals surface area contributed by atoms with Gasteiger partial charge in [0.25, 0.3) is 0 Å². The molecule has 6 fully saturated rings. The highest BCUT2D eigenvalue weighted by Crippen LogP contribution is 2.42. The lowest BCUT2D eigenvalue weighted by molar-refractivity contribution is -0.138. The van der Waals surface area contributed by atoms with Gasteiger partial charge in [0, 0.05) is 74.5 Å². The third kappa shape index (κ3) is 6.43. The predicted octanol–water partition coefficient (Wildman–Crippen LogP) is 2.66. The molecule has 13 atom stereocenters. The molecule has 0 spiro atoms. The van der Waals surface area contributed by atoms with Crippen LogP contribution in [0.1, 0.15) is 66.2 Å². The molecule has 5 saturated heterocycles. The lowest BCUT2D eigenvalue weighted by Gasteiger charge is -2.60. The van der Waals surface area contributed by atoms with Gasteiger partial charge in [-0.05, 0) is 64.4 Å². The number of urea groups is 1. The number of hydrogen-bond donors (Lipinski definition) is 4. The average molecular weight is 654 g/mol. The molecule has 0 aromatic heterocycles. The Labute approximate surface area is 271 Å². The second-order valence-corrected chi connectivity index (χ2v) is 14.8. The van der Waals surface area contributed by atoms with Gasteiger partial charge in [-0.3, -0.25) is 25.6 Å². The predicted molar refractivity (Wildman–Crippen MR) is 169 cm³/mol. The summed E-state index contributed by atoms with van der Waals surface area (Å²) in [4.78, 5) is 33.2. The van der Waals surface area contributed by atoms with E-state index in [0.29, 0.717) is 39.2 Å². The van der Waals surface area contributed by atoms with Crippen LogP contribution in [0.5, 0.6) is 0 Å². The Morgan fingerprint density at radius 2 is 1.85 bits per heavy atom. The minimum Gasteiger partial charge on any atom is -0.378 e. The highest BCUT2D eigenvalue weighted by Gasteiger charge is 2.58. The van der Waals surface area contributed by atoms with Gasteiger partial charge in [-0.1, -0.05) is 13.8 Å². The van der Waals surface area contributed by atoms with Gasteiger partial charge < -0.3 is 19.9 Å². The van der Waals surface area contributed by atoms with Crippen LogP contribution in [0.15, 0.2) is 12.2 Å². The SMILES string of the molecule is CC(C)C1NCNC2CCCOC3CCCC(F)C3C3NC4C(CC3F)C(N3CC(C)N(C(=O)/C=C/CF)CC3C)NC(=O)N4C21. The minimum absolute atomic E-state index is 0.00337. The lowest BCUT2D eigenvalue weighted by atomic mass is 9.73. The van der Waals surface area contributed by atoms with E-state index in [1.165, 1.54) is 12.2 Å². The van der Waals surface area contributed by atoms with E-state index in [4.69, 9.17) is 4.74 Å². The van der Waals surface area contributed by atoms with Crippen LogP contribution in [0, 0.1) is 17.8 Å². The Morgan fingerprint density at radius 3 is 2.61 bits per heavy atom. The molecule has 0 aromatic carbocycles. The van der Waals surface area contributed by atoms with Gasteiger partial charge >= 0.3 is 6.03 Å². The van der Waals surface area contributed by atoms with E-state index in [-0.39, 0.29) is 66.5 Å². The maximum Gasteiger partial charge on any atom is 0.320 e. The van der Waals surface area contributed by atoms with E-state index < -0.39 is 43.3 Å². The number of amides is 3. The smallest absolute Gasteiger partial charge is 0.320 e. The Hall–Kier alpha value is -1.93. The van der Waals surface area contributed by atoms with Crippen molar-refractivity contribution in [1.82, 2.24) is 36.0 Å². The van der Waals surface area contributed by atoms with Crippen molar-refractivity contribution in [2.24, 2.45) is 17.8 Å². The molecule has 1 aliphatic carbocycles. The molecule has 10 nitrogen and oxygen atoms in total. The maximum atomic E-state index is 16.6. The summed E-state index contributed by atoms with van der Waals surface area (Å²) in [5.74, 6) is -0.966. The van der Waals surface area contributed by atoms with Gasteiger partial charge in [-0.2, -0.15) is 0 Å². The van der Waals surface area contributed by atoms with E-state index >= 15 is 8.78 Å². The number of piperazine rings is 1. The Bertz CT molecular complexity index is 1120. The molecule has 260 valence electrons. The highest BCUT2D eigenvalue weighted by molar-refractivity contribution is 5.88. The first-order valence-corrected chi connectivity index (χ1v) is 17.6. The number of nitrogens with zero attached hydrogens (tertiary/aromatic N) is 3. The molecule has 4 N–H and O–H groups in total. The molecule has 3 amide bonds. The number of piperidine rings is 1. The molecule has 0 aromatic rings. The number of alkyl halides is 3. The van der Waals surface area contributed by atoms with Crippen LogP contribution >= 0.6 is 0 Å². The highest BCUT2D eigenvalue weighted by atomic mass is 19.1. The first kappa shape index (κ1) is 34.0. The molecular weight excluding hydrogens is 599 g/mol. The maximum absolute atomic E-state index is 16.6. The summed E-state index contributed by atoms with van der Waals surface area (Å²) in [6.07, 6.45) is 2.18. The Kier molecular flexibility index (Phi) is 10.5. The first-order chi connectivity index (χ1) is 22.1. The van der Waals surface area contributed by atoms with Crippen molar-refractivity contribution in [1.29, 1.82) is 0 Å². The largest absolute Gasteiger partial charge is 0.378 e. The van der Waals surface area contributed by atoms with Gasteiger partial charge in [0.2, 0.25) is 5.91 Å². The van der Waals surface area contributed by atoms with Crippen molar-refractivity contribution in [3.63, 3.8) is 0 Å². The molecule has 2 bridgehead atoms. The second kappa shape index (κ2) is 14.3. The Morgan fingerprint density at radius 1 is 1.04 bits per heavy atom. The summed E-state index contributed by atoms with van der Waals surface area (Å²) in [5, 5.41) is 14.1. The summed E-state index contributed by atoms with van der Waals surface area (Å²) in [6, 6.07) is -1.54. The van der Waals surface area contributed by atoms with E-state index in [1.54, 1.807) is 4.90 Å². The molecule has 0 radical (unpaired) electrons. The van der Waals surface area contributed by atoms with Crippen molar-refractivity contribution in [3.05, 3.63) is 12.2 Å². The minimum atomic E-state index is -1.32. The number of nitrogens with one attached hydrogen (secondary N) is 4. The molecule has 6 aliphatic rings. The molecule has 5 heterocycles. The fourth-order valence-corrected chi connectivity index (χ4v) is 9.46. The number of carbonyl (C=O) groups is 2. The van der Waals surface area contributed by atoms with Crippen molar-refractivity contribution in [2.75, 3.05) is 33.0 Å². The molecule has 6 rings (SSSR count). The average Bonchev–Trinajstić information content (AvgIpc) is 3.02. The molecular formula is C33H54F3N7O3. The van der Waals surface area contributed by atoms with Gasteiger partial charge in [0.05, 0.1) is 24.5 Å². The van der Waals surface area contributed by atoms with Crippen LogP contribution in [-0.4, -0.2) is 127 Å². The summed E-state index contributed by atoms with van der Waals surface area (Å²) in [5.41, 5.74) is 0. The number of ether oxygens (including phenoxy) is 1. The number of halogens is 3. The molecule has 46 heavy (non-hydrogen) atoms. The lowest BCUT2D eigenvalue weighted by Crippen LogP contribution is -2.81. The molecule has 13 unspecified atom stereocenters. The van der Waals surface area contributed by atoms with Gasteiger partial charge in [-0.15, -0.1) is 0 Å². The van der Waals surface area contributed by atoms with Crippen molar-refractivity contribution in [2.45, 2.75) is 133 Å². The standard InChI is InChI=1S/C33H54F3N7O3/c1-18(2)28-30-24(37-17-38-28)9-7-13-46-25-10-5-8-22(35)27(25)29-23(36)14-21-31(40-33(45)43(30)32(21)39-29)42-16-19(3)41(15-20(42)4)26(44)11-6-12-34/h6,11,18-25,27-32,37-39H,5,7-10,12-17H2,1-4H3,(H,40,45)/b11-6+. The van der Waals surface area contributed by atoms with Crippen LogP contribution in [-0.2, 0) is 9.53 Å². The molecule has 1 saturated carbocycles. The summed E-state index contributed by atoms with van der Waals surface area (Å²) in [7, 11) is 0. The topological polar surface area (TPSA) is 101 Å². The zero-order valence-electron chi connectivity index (χ0n) is 27.7. The van der Waals surface area contributed by atoms with Crippen molar-refractivity contribution < 1.29 is 27.5 Å².